The Hall–Kier alpha value is -0.380. The SMILES string of the molecule is Cc1cc(Br)cc(CCCOC2CCCCO2)c1. The maximum atomic E-state index is 5.73. The van der Waals surface area contributed by atoms with E-state index in [9.17, 15) is 0 Å². The minimum absolute atomic E-state index is 0.0444. The Morgan fingerprint density at radius 2 is 2.22 bits per heavy atom. The summed E-state index contributed by atoms with van der Waals surface area (Å²) in [4.78, 5) is 0. The first-order chi connectivity index (χ1) is 8.74. The Balaban J connectivity index is 1.68. The molecule has 1 atom stereocenters. The molecule has 0 aromatic heterocycles. The lowest BCUT2D eigenvalue weighted by Gasteiger charge is -2.22. The third-order valence-electron chi connectivity index (χ3n) is 3.15. The van der Waals surface area contributed by atoms with Crippen molar-refractivity contribution >= 4 is 15.9 Å². The van der Waals surface area contributed by atoms with Gasteiger partial charge in [-0.3, -0.25) is 0 Å². The van der Waals surface area contributed by atoms with Crippen molar-refractivity contribution in [1.82, 2.24) is 0 Å². The van der Waals surface area contributed by atoms with Crippen molar-refractivity contribution in [2.24, 2.45) is 0 Å². The Morgan fingerprint density at radius 1 is 1.33 bits per heavy atom. The van der Waals surface area contributed by atoms with Crippen LogP contribution in [0.25, 0.3) is 0 Å². The van der Waals surface area contributed by atoms with Gasteiger partial charge in [0.05, 0.1) is 6.61 Å². The summed E-state index contributed by atoms with van der Waals surface area (Å²) >= 11 is 3.53. The molecule has 1 heterocycles. The van der Waals surface area contributed by atoms with E-state index >= 15 is 0 Å². The zero-order chi connectivity index (χ0) is 12.8. The number of rotatable bonds is 5. The maximum absolute atomic E-state index is 5.73. The first-order valence-corrected chi connectivity index (χ1v) is 7.52. The summed E-state index contributed by atoms with van der Waals surface area (Å²) in [5, 5.41) is 0. The fraction of sp³-hybridized carbons (Fsp3) is 0.600. The molecule has 0 aliphatic carbocycles. The molecule has 0 amide bonds. The van der Waals surface area contributed by atoms with Crippen LogP contribution >= 0.6 is 15.9 Å². The van der Waals surface area contributed by atoms with Crippen molar-refractivity contribution in [3.63, 3.8) is 0 Å². The van der Waals surface area contributed by atoms with Gasteiger partial charge < -0.3 is 9.47 Å². The van der Waals surface area contributed by atoms with Crippen LogP contribution in [0, 0.1) is 6.92 Å². The van der Waals surface area contributed by atoms with Crippen LogP contribution in [-0.2, 0) is 15.9 Å². The molecule has 1 fully saturated rings. The van der Waals surface area contributed by atoms with Gasteiger partial charge in [-0.15, -0.1) is 0 Å². The molecule has 1 aromatic carbocycles. The lowest BCUT2D eigenvalue weighted by Crippen LogP contribution is -2.22. The van der Waals surface area contributed by atoms with Gasteiger partial charge in [0.2, 0.25) is 0 Å². The minimum Gasteiger partial charge on any atom is -0.353 e. The number of aryl methyl sites for hydroxylation is 2. The summed E-state index contributed by atoms with van der Waals surface area (Å²) in [5.74, 6) is 0. The molecule has 1 saturated heterocycles. The van der Waals surface area contributed by atoms with E-state index in [1.165, 1.54) is 24.0 Å². The standard InChI is InChI=1S/C15H21BrO2/c1-12-9-13(11-14(16)10-12)5-4-8-18-15-6-2-3-7-17-15/h9-11,15H,2-8H2,1H3. The second kappa shape index (κ2) is 7.27. The van der Waals surface area contributed by atoms with Gasteiger partial charge in [-0.1, -0.05) is 22.0 Å². The van der Waals surface area contributed by atoms with Crippen molar-refractivity contribution < 1.29 is 9.47 Å². The van der Waals surface area contributed by atoms with Crippen LogP contribution in [0.4, 0.5) is 0 Å². The molecule has 18 heavy (non-hydrogen) atoms. The largest absolute Gasteiger partial charge is 0.353 e. The molecule has 100 valence electrons. The Labute approximate surface area is 118 Å². The average Bonchev–Trinajstić information content (AvgIpc) is 2.35. The van der Waals surface area contributed by atoms with Gasteiger partial charge in [0, 0.05) is 11.1 Å². The third kappa shape index (κ3) is 4.71. The highest BCUT2D eigenvalue weighted by Crippen LogP contribution is 2.17. The molecular weight excluding hydrogens is 292 g/mol. The van der Waals surface area contributed by atoms with Crippen molar-refractivity contribution in [2.45, 2.75) is 45.3 Å². The summed E-state index contributed by atoms with van der Waals surface area (Å²) in [6.07, 6.45) is 5.62. The molecule has 2 nitrogen and oxygen atoms in total. The van der Waals surface area contributed by atoms with Crippen LogP contribution in [0.2, 0.25) is 0 Å². The molecule has 3 heteroatoms. The van der Waals surface area contributed by atoms with E-state index in [1.54, 1.807) is 0 Å². The van der Waals surface area contributed by atoms with Crippen LogP contribution in [0.1, 0.15) is 36.8 Å². The lowest BCUT2D eigenvalue weighted by atomic mass is 10.1. The second-order valence-electron chi connectivity index (χ2n) is 4.91. The predicted molar refractivity (Wildman–Crippen MR) is 76.7 cm³/mol. The lowest BCUT2D eigenvalue weighted by molar-refractivity contribution is -0.162. The van der Waals surface area contributed by atoms with Crippen LogP contribution in [0.15, 0.2) is 22.7 Å². The molecule has 1 aliphatic heterocycles. The van der Waals surface area contributed by atoms with E-state index in [1.807, 2.05) is 0 Å². The third-order valence-corrected chi connectivity index (χ3v) is 3.61. The fourth-order valence-corrected chi connectivity index (χ4v) is 2.95. The number of hydrogen-bond donors (Lipinski definition) is 0. The first-order valence-electron chi connectivity index (χ1n) is 6.73. The summed E-state index contributed by atoms with van der Waals surface area (Å²) < 4.78 is 12.4. The number of ether oxygens (including phenoxy) is 2. The smallest absolute Gasteiger partial charge is 0.157 e. The fourth-order valence-electron chi connectivity index (χ4n) is 2.29. The number of halogens is 1. The summed E-state index contributed by atoms with van der Waals surface area (Å²) in [6.45, 7) is 3.77. The van der Waals surface area contributed by atoms with Gasteiger partial charge in [0.25, 0.3) is 0 Å². The zero-order valence-electron chi connectivity index (χ0n) is 11.0. The summed E-state index contributed by atoms with van der Waals surface area (Å²) in [7, 11) is 0. The van der Waals surface area contributed by atoms with E-state index in [4.69, 9.17) is 9.47 Å². The molecule has 0 bridgehead atoms. The Kier molecular flexibility index (Phi) is 5.67. The quantitative estimate of drug-likeness (QED) is 0.757. The van der Waals surface area contributed by atoms with Crippen LogP contribution in [0.5, 0.6) is 0 Å². The van der Waals surface area contributed by atoms with E-state index < -0.39 is 0 Å². The van der Waals surface area contributed by atoms with E-state index in [0.717, 1.165) is 36.9 Å². The number of hydrogen-bond acceptors (Lipinski definition) is 2. The normalized spacial score (nSPS) is 20.0. The monoisotopic (exact) mass is 312 g/mol. The van der Waals surface area contributed by atoms with Gasteiger partial charge in [-0.25, -0.2) is 0 Å². The minimum atomic E-state index is 0.0444. The molecule has 1 aromatic rings. The topological polar surface area (TPSA) is 18.5 Å². The van der Waals surface area contributed by atoms with E-state index in [-0.39, 0.29) is 6.29 Å². The molecule has 0 spiro atoms. The highest BCUT2D eigenvalue weighted by molar-refractivity contribution is 9.10. The van der Waals surface area contributed by atoms with Crippen molar-refractivity contribution in [1.29, 1.82) is 0 Å². The Morgan fingerprint density at radius 3 is 2.94 bits per heavy atom. The molecule has 1 aliphatic rings. The second-order valence-corrected chi connectivity index (χ2v) is 5.82. The van der Waals surface area contributed by atoms with E-state index in [0.29, 0.717) is 0 Å². The highest BCUT2D eigenvalue weighted by atomic mass is 79.9. The van der Waals surface area contributed by atoms with Crippen LogP contribution in [0.3, 0.4) is 0 Å². The molecule has 0 saturated carbocycles. The van der Waals surface area contributed by atoms with Gasteiger partial charge in [0.1, 0.15) is 0 Å². The van der Waals surface area contributed by atoms with Crippen LogP contribution < -0.4 is 0 Å². The average molecular weight is 313 g/mol. The molecule has 0 N–H and O–H groups in total. The molecule has 0 radical (unpaired) electrons. The first kappa shape index (κ1) is 14.0. The summed E-state index contributed by atoms with van der Waals surface area (Å²) in [5.41, 5.74) is 2.67. The molecule has 2 rings (SSSR count). The predicted octanol–water partition coefficient (Wildman–Crippen LogP) is 4.23. The van der Waals surface area contributed by atoms with Crippen LogP contribution in [-0.4, -0.2) is 19.5 Å². The zero-order valence-corrected chi connectivity index (χ0v) is 12.5. The van der Waals surface area contributed by atoms with Gasteiger partial charge in [0.15, 0.2) is 6.29 Å². The van der Waals surface area contributed by atoms with Crippen molar-refractivity contribution in [3.05, 3.63) is 33.8 Å². The number of benzene rings is 1. The van der Waals surface area contributed by atoms with Gasteiger partial charge >= 0.3 is 0 Å². The van der Waals surface area contributed by atoms with Crippen molar-refractivity contribution in [3.8, 4) is 0 Å². The molecule has 1 unspecified atom stereocenters. The Bertz CT molecular complexity index is 353. The summed E-state index contributed by atoms with van der Waals surface area (Å²) in [6, 6.07) is 6.56. The van der Waals surface area contributed by atoms with Crippen molar-refractivity contribution in [2.75, 3.05) is 13.2 Å². The van der Waals surface area contributed by atoms with Gasteiger partial charge in [-0.2, -0.15) is 0 Å². The van der Waals surface area contributed by atoms with Gasteiger partial charge in [-0.05, 0) is 62.3 Å². The highest BCUT2D eigenvalue weighted by Gasteiger charge is 2.13. The molecular formula is C15H21BrO2. The van der Waals surface area contributed by atoms with E-state index in [2.05, 4.69) is 41.1 Å². The maximum Gasteiger partial charge on any atom is 0.157 e.